The van der Waals surface area contributed by atoms with Gasteiger partial charge in [0.05, 0.1) is 23.7 Å². The van der Waals surface area contributed by atoms with Gasteiger partial charge >= 0.3 is 11.9 Å². The predicted octanol–water partition coefficient (Wildman–Crippen LogP) is 2.22. The fourth-order valence-corrected chi connectivity index (χ4v) is 4.96. The Morgan fingerprint density at radius 1 is 0.962 bits per heavy atom. The van der Waals surface area contributed by atoms with Crippen LogP contribution in [0, 0.1) is 0 Å². The number of ether oxygens (including phenoxy) is 3. The van der Waals surface area contributed by atoms with Gasteiger partial charge < -0.3 is 14.2 Å². The van der Waals surface area contributed by atoms with Crippen molar-refractivity contribution in [3.63, 3.8) is 0 Å². The van der Waals surface area contributed by atoms with Crippen LogP contribution in [0.15, 0.2) is 59.7 Å². The maximum Gasteiger partial charge on any atom is 0.338 e. The normalized spacial score (nSPS) is 27.5. The number of carbonyl (C=O) groups is 2. The molecule has 2 bridgehead atoms. The Hall–Kier alpha value is -2.92. The average Bonchev–Trinajstić information content (AvgIpc) is 3.05. The highest BCUT2D eigenvalue weighted by atomic mass is 16.5. The SMILES string of the molecule is COC(=O)C1=C2C(=O)OCC23c2ccccc2C1(OC)c1ccccc13. The van der Waals surface area contributed by atoms with Gasteiger partial charge in [-0.05, 0) is 22.3 Å². The Balaban J connectivity index is 2.05. The van der Waals surface area contributed by atoms with Crippen molar-refractivity contribution in [1.82, 2.24) is 0 Å². The predicted molar refractivity (Wildman–Crippen MR) is 91.5 cm³/mol. The highest BCUT2D eigenvalue weighted by Crippen LogP contribution is 2.64. The first-order valence-electron chi connectivity index (χ1n) is 8.38. The minimum absolute atomic E-state index is 0.162. The molecular formula is C21H16O5. The molecule has 130 valence electrons. The lowest BCUT2D eigenvalue weighted by molar-refractivity contribution is -0.141. The summed E-state index contributed by atoms with van der Waals surface area (Å²) in [5, 5.41) is 0. The lowest BCUT2D eigenvalue weighted by Crippen LogP contribution is -2.54. The van der Waals surface area contributed by atoms with Gasteiger partial charge in [-0.1, -0.05) is 48.5 Å². The third-order valence-corrected chi connectivity index (χ3v) is 5.88. The second-order valence-electron chi connectivity index (χ2n) is 6.70. The minimum atomic E-state index is -1.19. The summed E-state index contributed by atoms with van der Waals surface area (Å²) < 4.78 is 16.6. The zero-order chi connectivity index (χ0) is 18.1. The number of esters is 2. The van der Waals surface area contributed by atoms with Crippen molar-refractivity contribution in [3.8, 4) is 0 Å². The van der Waals surface area contributed by atoms with Crippen LogP contribution in [0.1, 0.15) is 22.3 Å². The van der Waals surface area contributed by atoms with E-state index in [1.54, 1.807) is 7.11 Å². The number of cyclic esters (lactones) is 1. The molecule has 4 aliphatic rings. The van der Waals surface area contributed by atoms with Gasteiger partial charge in [-0.25, -0.2) is 9.59 Å². The van der Waals surface area contributed by atoms with E-state index in [0.29, 0.717) is 5.57 Å². The number of benzene rings is 2. The quantitative estimate of drug-likeness (QED) is 0.779. The lowest BCUT2D eigenvalue weighted by atomic mass is 9.52. The fraction of sp³-hybridized carbons (Fsp3) is 0.238. The van der Waals surface area contributed by atoms with E-state index >= 15 is 0 Å². The summed E-state index contributed by atoms with van der Waals surface area (Å²) in [7, 11) is 2.86. The van der Waals surface area contributed by atoms with Crippen molar-refractivity contribution < 1.29 is 23.8 Å². The van der Waals surface area contributed by atoms with Crippen molar-refractivity contribution in [2.45, 2.75) is 11.0 Å². The Morgan fingerprint density at radius 3 is 2.00 bits per heavy atom. The topological polar surface area (TPSA) is 61.8 Å². The molecule has 1 saturated heterocycles. The molecule has 0 amide bonds. The largest absolute Gasteiger partial charge is 0.466 e. The van der Waals surface area contributed by atoms with Crippen molar-refractivity contribution in [3.05, 3.63) is 81.9 Å². The van der Waals surface area contributed by atoms with E-state index in [4.69, 9.17) is 14.2 Å². The Morgan fingerprint density at radius 2 is 1.50 bits per heavy atom. The molecule has 3 aliphatic carbocycles. The van der Waals surface area contributed by atoms with E-state index in [2.05, 4.69) is 0 Å². The maximum atomic E-state index is 12.9. The number of carbonyl (C=O) groups excluding carboxylic acids is 2. The third-order valence-electron chi connectivity index (χ3n) is 5.88. The molecule has 0 N–H and O–H groups in total. The average molecular weight is 348 g/mol. The molecule has 1 fully saturated rings. The molecule has 1 aliphatic heterocycles. The summed E-state index contributed by atoms with van der Waals surface area (Å²) >= 11 is 0. The summed E-state index contributed by atoms with van der Waals surface area (Å²) in [5.74, 6) is -1.06. The van der Waals surface area contributed by atoms with Gasteiger partial charge in [0.1, 0.15) is 6.61 Å². The molecule has 6 rings (SSSR count). The molecule has 0 atom stereocenters. The smallest absolute Gasteiger partial charge is 0.338 e. The van der Waals surface area contributed by atoms with E-state index in [1.807, 2.05) is 48.5 Å². The second kappa shape index (κ2) is 4.83. The number of hydrogen-bond acceptors (Lipinski definition) is 5. The molecule has 1 spiro atoms. The molecule has 0 aromatic heterocycles. The van der Waals surface area contributed by atoms with Gasteiger partial charge in [0, 0.05) is 7.11 Å². The first kappa shape index (κ1) is 15.3. The number of hydrogen-bond donors (Lipinski definition) is 0. The third kappa shape index (κ3) is 1.39. The summed E-state index contributed by atoms with van der Waals surface area (Å²) in [5.41, 5.74) is 2.14. The number of rotatable bonds is 2. The first-order valence-corrected chi connectivity index (χ1v) is 8.38. The van der Waals surface area contributed by atoms with Crippen molar-refractivity contribution in [2.75, 3.05) is 20.8 Å². The number of methoxy groups -OCH3 is 2. The molecule has 5 heteroatoms. The van der Waals surface area contributed by atoms with Crippen molar-refractivity contribution in [2.24, 2.45) is 0 Å². The zero-order valence-corrected chi connectivity index (χ0v) is 14.4. The summed E-state index contributed by atoms with van der Waals surface area (Å²) in [6.45, 7) is 0.162. The molecule has 2 aromatic rings. The van der Waals surface area contributed by atoms with Gasteiger partial charge in [0.25, 0.3) is 0 Å². The molecule has 0 radical (unpaired) electrons. The second-order valence-corrected chi connectivity index (χ2v) is 6.70. The molecule has 0 saturated carbocycles. The van der Waals surface area contributed by atoms with Crippen LogP contribution in [0.2, 0.25) is 0 Å². The van der Waals surface area contributed by atoms with E-state index in [-0.39, 0.29) is 12.2 Å². The van der Waals surface area contributed by atoms with Crippen LogP contribution in [0.5, 0.6) is 0 Å². The maximum absolute atomic E-state index is 12.9. The fourth-order valence-electron chi connectivity index (χ4n) is 4.96. The van der Waals surface area contributed by atoms with Crippen LogP contribution in [-0.4, -0.2) is 32.8 Å². The molecular weight excluding hydrogens is 332 g/mol. The summed E-state index contributed by atoms with van der Waals surface area (Å²) in [6, 6.07) is 15.5. The van der Waals surface area contributed by atoms with Gasteiger partial charge in [-0.15, -0.1) is 0 Å². The molecule has 5 nitrogen and oxygen atoms in total. The molecule has 0 unspecified atom stereocenters. The van der Waals surface area contributed by atoms with E-state index in [9.17, 15) is 9.59 Å². The Bertz CT molecular complexity index is 969. The highest BCUT2D eigenvalue weighted by Gasteiger charge is 2.67. The van der Waals surface area contributed by atoms with Crippen molar-refractivity contribution >= 4 is 11.9 Å². The zero-order valence-electron chi connectivity index (χ0n) is 14.4. The van der Waals surface area contributed by atoms with E-state index in [0.717, 1.165) is 22.3 Å². The van der Waals surface area contributed by atoms with Gasteiger partial charge in [0.15, 0.2) is 5.60 Å². The van der Waals surface area contributed by atoms with Crippen LogP contribution in [-0.2, 0) is 34.8 Å². The van der Waals surface area contributed by atoms with Crippen molar-refractivity contribution in [1.29, 1.82) is 0 Å². The standard InChI is InChI=1S/C21H16O5/c1-24-18(22)17-16-19(23)26-11-20(16)12-7-3-5-9-14(12)21(17,25-2)15-10-6-4-8-13(15)20/h3-10H,11H2,1-2H3. The lowest BCUT2D eigenvalue weighted by Gasteiger charge is -2.52. The first-order chi connectivity index (χ1) is 12.6. The highest BCUT2D eigenvalue weighted by molar-refractivity contribution is 6.09. The summed E-state index contributed by atoms with van der Waals surface area (Å²) in [4.78, 5) is 25.6. The molecule has 26 heavy (non-hydrogen) atoms. The van der Waals surface area contributed by atoms with Gasteiger partial charge in [0.2, 0.25) is 0 Å². The minimum Gasteiger partial charge on any atom is -0.466 e. The van der Waals surface area contributed by atoms with Crippen LogP contribution >= 0.6 is 0 Å². The van der Waals surface area contributed by atoms with Crippen LogP contribution in [0.4, 0.5) is 0 Å². The van der Waals surface area contributed by atoms with Crippen LogP contribution in [0.25, 0.3) is 0 Å². The van der Waals surface area contributed by atoms with Gasteiger partial charge in [-0.3, -0.25) is 0 Å². The Labute approximate surface area is 150 Å². The molecule has 1 heterocycles. The van der Waals surface area contributed by atoms with Gasteiger partial charge in [-0.2, -0.15) is 0 Å². The monoisotopic (exact) mass is 348 g/mol. The van der Waals surface area contributed by atoms with Crippen LogP contribution in [0.3, 0.4) is 0 Å². The molecule has 2 aromatic carbocycles. The van der Waals surface area contributed by atoms with E-state index in [1.165, 1.54) is 7.11 Å². The Kier molecular flexibility index (Phi) is 2.85. The van der Waals surface area contributed by atoms with E-state index < -0.39 is 23.0 Å². The van der Waals surface area contributed by atoms with Crippen LogP contribution < -0.4 is 0 Å². The summed E-state index contributed by atoms with van der Waals surface area (Å²) in [6.07, 6.45) is 0.